The van der Waals surface area contributed by atoms with Gasteiger partial charge in [-0.25, -0.2) is 0 Å². The lowest BCUT2D eigenvalue weighted by atomic mass is 9.85. The molecule has 0 saturated carbocycles. The van der Waals surface area contributed by atoms with E-state index >= 15 is 0 Å². The monoisotopic (exact) mass is 469 g/mol. The van der Waals surface area contributed by atoms with Gasteiger partial charge in [-0.3, -0.25) is 14.4 Å². The highest BCUT2D eigenvalue weighted by atomic mass is 16.5. The number of nitrogens with zero attached hydrogens (tertiary/aromatic N) is 1. The van der Waals surface area contributed by atoms with Crippen LogP contribution in [0.15, 0.2) is 12.3 Å². The molecule has 0 heterocycles. The molecule has 0 aromatic carbocycles. The van der Waals surface area contributed by atoms with Crippen molar-refractivity contribution >= 4 is 18.3 Å². The van der Waals surface area contributed by atoms with Crippen LogP contribution in [-0.4, -0.2) is 55.7 Å². The van der Waals surface area contributed by atoms with Gasteiger partial charge in [0.2, 0.25) is 6.41 Å². The maximum absolute atomic E-state index is 12.1. The molecule has 7 nitrogen and oxygen atoms in total. The van der Waals surface area contributed by atoms with Crippen molar-refractivity contribution in [1.29, 1.82) is 0 Å². The van der Waals surface area contributed by atoms with Crippen LogP contribution in [0.1, 0.15) is 86.5 Å². The summed E-state index contributed by atoms with van der Waals surface area (Å²) in [5.74, 6) is 0.0618. The molecular formula is C26H47NO6. The van der Waals surface area contributed by atoms with Gasteiger partial charge in [-0.15, -0.1) is 0 Å². The minimum absolute atomic E-state index is 0.0206. The second-order valence-corrected chi connectivity index (χ2v) is 9.05. The maximum atomic E-state index is 12.1. The number of amides is 1. The molecule has 0 unspecified atom stereocenters. The quantitative estimate of drug-likeness (QED) is 0.205. The Morgan fingerprint density at radius 2 is 1.48 bits per heavy atom. The Morgan fingerprint density at radius 1 is 0.909 bits per heavy atom. The van der Waals surface area contributed by atoms with Gasteiger partial charge in [0.05, 0.1) is 6.10 Å². The third-order valence-corrected chi connectivity index (χ3v) is 6.23. The molecule has 6 atom stereocenters. The van der Waals surface area contributed by atoms with E-state index in [1.165, 1.54) is 4.90 Å². The zero-order valence-electron chi connectivity index (χ0n) is 22.0. The summed E-state index contributed by atoms with van der Waals surface area (Å²) in [5.41, 5.74) is 0. The molecule has 0 aliphatic carbocycles. The minimum Gasteiger partial charge on any atom is -0.462 e. The molecule has 0 rings (SSSR count). The first-order chi connectivity index (χ1) is 15.6. The van der Waals surface area contributed by atoms with Crippen molar-refractivity contribution in [2.45, 2.75) is 105 Å². The lowest BCUT2D eigenvalue weighted by molar-refractivity contribution is -0.155. The van der Waals surface area contributed by atoms with Crippen LogP contribution in [0.4, 0.5) is 0 Å². The fourth-order valence-corrected chi connectivity index (χ4v) is 3.90. The molecule has 0 bridgehead atoms. The van der Waals surface area contributed by atoms with Crippen molar-refractivity contribution in [3.05, 3.63) is 12.3 Å². The maximum Gasteiger partial charge on any atom is 0.305 e. The summed E-state index contributed by atoms with van der Waals surface area (Å²) < 4.78 is 17.1. The molecule has 0 saturated heterocycles. The molecule has 0 fully saturated rings. The Hall–Kier alpha value is -1.89. The average Bonchev–Trinajstić information content (AvgIpc) is 2.82. The molecule has 0 aliphatic rings. The van der Waals surface area contributed by atoms with Crippen LogP contribution in [0.3, 0.4) is 0 Å². The van der Waals surface area contributed by atoms with Crippen molar-refractivity contribution in [3.63, 3.8) is 0 Å². The van der Waals surface area contributed by atoms with Crippen molar-refractivity contribution in [2.75, 3.05) is 14.2 Å². The zero-order chi connectivity index (χ0) is 25.4. The number of carbonyl (C=O) groups excluding carboxylic acids is 3. The lowest BCUT2D eigenvalue weighted by Crippen LogP contribution is -2.38. The van der Waals surface area contributed by atoms with E-state index in [1.807, 2.05) is 19.9 Å². The Balaban J connectivity index is 5.09. The molecule has 0 aromatic heterocycles. The van der Waals surface area contributed by atoms with Crippen molar-refractivity contribution in [3.8, 4) is 0 Å². The Morgan fingerprint density at radius 3 is 2.00 bits per heavy atom. The van der Waals surface area contributed by atoms with Gasteiger partial charge in [-0.05, 0) is 38.0 Å². The van der Waals surface area contributed by atoms with Gasteiger partial charge in [0.25, 0.3) is 0 Å². The predicted molar refractivity (Wildman–Crippen MR) is 130 cm³/mol. The third-order valence-electron chi connectivity index (χ3n) is 6.23. The van der Waals surface area contributed by atoms with Crippen molar-refractivity contribution in [2.24, 2.45) is 17.8 Å². The van der Waals surface area contributed by atoms with Crippen LogP contribution < -0.4 is 0 Å². The van der Waals surface area contributed by atoms with E-state index in [1.54, 1.807) is 34.2 Å². The summed E-state index contributed by atoms with van der Waals surface area (Å²) in [4.78, 5) is 36.0. The molecule has 7 heteroatoms. The van der Waals surface area contributed by atoms with Gasteiger partial charge < -0.3 is 19.1 Å². The Bertz CT molecular complexity index is 593. The second kappa shape index (κ2) is 17.6. The summed E-state index contributed by atoms with van der Waals surface area (Å²) in [6.07, 6.45) is 8.91. The normalized spacial score (nSPS) is 17.0. The highest BCUT2D eigenvalue weighted by Gasteiger charge is 2.31. The first-order valence-corrected chi connectivity index (χ1v) is 12.4. The summed E-state index contributed by atoms with van der Waals surface area (Å²) in [6, 6.07) is 0. The van der Waals surface area contributed by atoms with Gasteiger partial charge in [-0.1, -0.05) is 47.6 Å². The number of ether oxygens (including phenoxy) is 3. The van der Waals surface area contributed by atoms with E-state index in [9.17, 15) is 14.4 Å². The zero-order valence-corrected chi connectivity index (χ0v) is 22.0. The Labute approximate surface area is 201 Å². The van der Waals surface area contributed by atoms with Crippen LogP contribution in [0.2, 0.25) is 0 Å². The van der Waals surface area contributed by atoms with E-state index in [4.69, 9.17) is 14.2 Å². The molecule has 192 valence electrons. The Kier molecular flexibility index (Phi) is 16.6. The summed E-state index contributed by atoms with van der Waals surface area (Å²) >= 11 is 0. The summed E-state index contributed by atoms with van der Waals surface area (Å²) in [6.45, 7) is 11.9. The molecule has 1 amide bonds. The number of methoxy groups -OCH3 is 1. The van der Waals surface area contributed by atoms with Crippen molar-refractivity contribution < 1.29 is 28.6 Å². The highest BCUT2D eigenvalue weighted by molar-refractivity contribution is 5.69. The highest BCUT2D eigenvalue weighted by Crippen LogP contribution is 2.28. The number of rotatable bonds is 18. The topological polar surface area (TPSA) is 82.1 Å². The molecular weight excluding hydrogens is 422 g/mol. The summed E-state index contributed by atoms with van der Waals surface area (Å²) in [7, 11) is 3.35. The van der Waals surface area contributed by atoms with E-state index in [0.717, 1.165) is 38.5 Å². The van der Waals surface area contributed by atoms with Gasteiger partial charge in [-0.2, -0.15) is 0 Å². The van der Waals surface area contributed by atoms with E-state index < -0.39 is 0 Å². The largest absolute Gasteiger partial charge is 0.462 e. The van der Waals surface area contributed by atoms with Gasteiger partial charge in [0.15, 0.2) is 0 Å². The molecule has 0 N–H and O–H groups in total. The third kappa shape index (κ3) is 12.8. The SMILES string of the molecule is CCC(=O)O[C@H](CC)CC[C@@H](C)CC[C@@H](OC(=O)CC)[C@H](C)[C@H](OC)[C@H](C)/C=C/N(C)C=O. The fourth-order valence-electron chi connectivity index (χ4n) is 3.90. The predicted octanol–water partition coefficient (Wildman–Crippen LogP) is 5.13. The first-order valence-electron chi connectivity index (χ1n) is 12.4. The first kappa shape index (κ1) is 31.1. The van der Waals surface area contributed by atoms with Crippen LogP contribution in [0.5, 0.6) is 0 Å². The van der Waals surface area contributed by atoms with Crippen LogP contribution in [0, 0.1) is 17.8 Å². The van der Waals surface area contributed by atoms with Gasteiger partial charge >= 0.3 is 11.9 Å². The number of hydrogen-bond acceptors (Lipinski definition) is 6. The van der Waals surface area contributed by atoms with Crippen LogP contribution in [0.25, 0.3) is 0 Å². The van der Waals surface area contributed by atoms with E-state index in [0.29, 0.717) is 18.8 Å². The smallest absolute Gasteiger partial charge is 0.305 e. The lowest BCUT2D eigenvalue weighted by Gasteiger charge is -2.33. The number of carbonyl (C=O) groups is 3. The summed E-state index contributed by atoms with van der Waals surface area (Å²) in [5, 5.41) is 0. The van der Waals surface area contributed by atoms with Gasteiger partial charge in [0.1, 0.15) is 12.2 Å². The standard InChI is InChI=1S/C26H47NO6/c1-9-22(32-24(29)10-2)14-12-19(4)13-15-23(33-25(30)11-3)21(6)26(31-8)20(5)16-17-27(7)18-28/h16-23,26H,9-15H2,1-8H3/b17-16+/t19-,20-,21+,22-,23-,26-/m1/s1. The van der Waals surface area contributed by atoms with E-state index in [-0.39, 0.29) is 42.1 Å². The molecule has 0 aliphatic heterocycles. The minimum atomic E-state index is -0.260. The van der Waals surface area contributed by atoms with Gasteiger partial charge in [0, 0.05) is 45.0 Å². The van der Waals surface area contributed by atoms with Crippen molar-refractivity contribution in [1.82, 2.24) is 4.90 Å². The van der Waals surface area contributed by atoms with E-state index in [2.05, 4.69) is 13.8 Å². The van der Waals surface area contributed by atoms with Crippen LogP contribution >= 0.6 is 0 Å². The molecule has 0 spiro atoms. The molecule has 0 radical (unpaired) electrons. The molecule has 0 aromatic rings. The fraction of sp³-hybridized carbons (Fsp3) is 0.808. The van der Waals surface area contributed by atoms with Crippen LogP contribution in [-0.2, 0) is 28.6 Å². The number of hydrogen-bond donors (Lipinski definition) is 0. The second-order valence-electron chi connectivity index (χ2n) is 9.05. The average molecular weight is 470 g/mol. The number of esters is 2. The molecule has 33 heavy (non-hydrogen) atoms.